The molecule has 2 rings (SSSR count). The Morgan fingerprint density at radius 2 is 2.21 bits per heavy atom. The van der Waals surface area contributed by atoms with Crippen molar-refractivity contribution in [3.8, 4) is 5.75 Å². The molecule has 0 spiro atoms. The molecule has 1 atom stereocenters. The van der Waals surface area contributed by atoms with Crippen LogP contribution in [0.4, 0.5) is 0 Å². The van der Waals surface area contributed by atoms with Gasteiger partial charge in [-0.2, -0.15) is 0 Å². The van der Waals surface area contributed by atoms with Gasteiger partial charge in [-0.05, 0) is 19.5 Å². The van der Waals surface area contributed by atoms with E-state index in [1.54, 1.807) is 7.11 Å². The first kappa shape index (κ1) is 14.3. The minimum absolute atomic E-state index is 0.122. The van der Waals surface area contributed by atoms with Crippen LogP contribution in [-0.2, 0) is 11.3 Å². The molecule has 0 amide bonds. The van der Waals surface area contributed by atoms with Gasteiger partial charge >= 0.3 is 0 Å². The molecule has 1 fully saturated rings. The highest BCUT2D eigenvalue weighted by Gasteiger charge is 2.34. The lowest BCUT2D eigenvalue weighted by Gasteiger charge is -2.31. The smallest absolute Gasteiger partial charge is 0.123 e. The summed E-state index contributed by atoms with van der Waals surface area (Å²) in [6.07, 6.45) is 1.06. The van der Waals surface area contributed by atoms with E-state index < -0.39 is 0 Å². The lowest BCUT2D eigenvalue weighted by atomic mass is 9.87. The highest BCUT2D eigenvalue weighted by atomic mass is 16.5. The van der Waals surface area contributed by atoms with E-state index in [0.29, 0.717) is 6.54 Å². The summed E-state index contributed by atoms with van der Waals surface area (Å²) in [6.45, 7) is 4.12. The quantitative estimate of drug-likeness (QED) is 0.845. The summed E-state index contributed by atoms with van der Waals surface area (Å²) in [5.41, 5.74) is 7.26. The molecule has 1 aromatic rings. The molecule has 1 aliphatic rings. The minimum Gasteiger partial charge on any atom is -0.496 e. The van der Waals surface area contributed by atoms with Crippen molar-refractivity contribution in [2.24, 2.45) is 11.1 Å². The number of hydrogen-bond acceptors (Lipinski definition) is 4. The fourth-order valence-corrected chi connectivity index (χ4v) is 2.75. The number of rotatable bonds is 6. The van der Waals surface area contributed by atoms with Gasteiger partial charge < -0.3 is 20.1 Å². The summed E-state index contributed by atoms with van der Waals surface area (Å²) < 4.78 is 10.9. The lowest BCUT2D eigenvalue weighted by Crippen LogP contribution is -2.41. The molecule has 1 aromatic carbocycles. The third-order valence-corrected chi connectivity index (χ3v) is 3.86. The molecule has 1 aliphatic heterocycles. The van der Waals surface area contributed by atoms with Crippen LogP contribution in [0.15, 0.2) is 24.3 Å². The molecule has 4 nitrogen and oxygen atoms in total. The van der Waals surface area contributed by atoms with Gasteiger partial charge in [0.1, 0.15) is 5.75 Å². The van der Waals surface area contributed by atoms with Crippen LogP contribution in [0.2, 0.25) is 0 Å². The van der Waals surface area contributed by atoms with Crippen LogP contribution in [-0.4, -0.2) is 45.4 Å². The number of benzene rings is 1. The molecule has 1 heterocycles. The Morgan fingerprint density at radius 1 is 1.42 bits per heavy atom. The summed E-state index contributed by atoms with van der Waals surface area (Å²) >= 11 is 0. The van der Waals surface area contributed by atoms with Crippen LogP contribution in [0.3, 0.4) is 0 Å². The molecule has 1 unspecified atom stereocenters. The number of ether oxygens (including phenoxy) is 2. The molecule has 106 valence electrons. The first-order valence-corrected chi connectivity index (χ1v) is 6.77. The maximum Gasteiger partial charge on any atom is 0.123 e. The number of nitrogens with zero attached hydrogens (tertiary/aromatic N) is 1. The summed E-state index contributed by atoms with van der Waals surface area (Å²) in [7, 11) is 3.84. The van der Waals surface area contributed by atoms with Crippen molar-refractivity contribution in [3.63, 3.8) is 0 Å². The van der Waals surface area contributed by atoms with Crippen molar-refractivity contribution in [3.05, 3.63) is 29.8 Å². The summed E-state index contributed by atoms with van der Waals surface area (Å²) in [5, 5.41) is 0. The number of methoxy groups -OCH3 is 1. The fourth-order valence-electron chi connectivity index (χ4n) is 2.75. The van der Waals surface area contributed by atoms with Gasteiger partial charge in [0.05, 0.1) is 13.7 Å². The van der Waals surface area contributed by atoms with E-state index in [1.807, 2.05) is 18.2 Å². The van der Waals surface area contributed by atoms with E-state index >= 15 is 0 Å². The molecule has 2 N–H and O–H groups in total. The van der Waals surface area contributed by atoms with Crippen LogP contribution >= 0.6 is 0 Å². The third kappa shape index (κ3) is 3.47. The predicted molar refractivity (Wildman–Crippen MR) is 76.3 cm³/mol. The maximum atomic E-state index is 5.94. The van der Waals surface area contributed by atoms with E-state index in [0.717, 1.165) is 38.5 Å². The van der Waals surface area contributed by atoms with Crippen molar-refractivity contribution >= 4 is 0 Å². The van der Waals surface area contributed by atoms with Gasteiger partial charge in [0.15, 0.2) is 0 Å². The average Bonchev–Trinajstić information content (AvgIpc) is 2.88. The Bertz CT molecular complexity index is 403. The first-order chi connectivity index (χ1) is 9.19. The van der Waals surface area contributed by atoms with Crippen molar-refractivity contribution in [1.29, 1.82) is 0 Å². The second-order valence-electron chi connectivity index (χ2n) is 5.49. The zero-order valence-corrected chi connectivity index (χ0v) is 11.9. The van der Waals surface area contributed by atoms with E-state index in [9.17, 15) is 0 Å². The molecular formula is C15H24N2O2. The fraction of sp³-hybridized carbons (Fsp3) is 0.600. The van der Waals surface area contributed by atoms with Crippen molar-refractivity contribution < 1.29 is 9.47 Å². The number of nitrogens with two attached hydrogens (primary N) is 1. The zero-order valence-electron chi connectivity index (χ0n) is 11.9. The highest BCUT2D eigenvalue weighted by molar-refractivity contribution is 5.33. The Balaban J connectivity index is 1.98. The van der Waals surface area contributed by atoms with Crippen molar-refractivity contribution in [1.82, 2.24) is 4.90 Å². The second-order valence-corrected chi connectivity index (χ2v) is 5.49. The van der Waals surface area contributed by atoms with Crippen LogP contribution in [0, 0.1) is 5.41 Å². The zero-order chi connectivity index (χ0) is 13.7. The largest absolute Gasteiger partial charge is 0.496 e. The first-order valence-electron chi connectivity index (χ1n) is 6.77. The third-order valence-electron chi connectivity index (χ3n) is 3.86. The van der Waals surface area contributed by atoms with Gasteiger partial charge in [0, 0.05) is 37.2 Å². The molecule has 4 heteroatoms. The monoisotopic (exact) mass is 264 g/mol. The van der Waals surface area contributed by atoms with Crippen LogP contribution in [0.5, 0.6) is 5.75 Å². The van der Waals surface area contributed by atoms with Crippen molar-refractivity contribution in [2.75, 3.05) is 40.5 Å². The SMILES string of the molecule is COc1ccccc1CN(C)CC1(CN)CCOC1. The Hall–Kier alpha value is -1.10. The van der Waals surface area contributed by atoms with E-state index in [-0.39, 0.29) is 5.41 Å². The summed E-state index contributed by atoms with van der Waals surface area (Å²) in [4.78, 5) is 2.30. The van der Waals surface area contributed by atoms with Crippen LogP contribution in [0.1, 0.15) is 12.0 Å². The van der Waals surface area contributed by atoms with Gasteiger partial charge in [0.25, 0.3) is 0 Å². The van der Waals surface area contributed by atoms with E-state index in [4.69, 9.17) is 15.2 Å². The van der Waals surface area contributed by atoms with Gasteiger partial charge in [-0.3, -0.25) is 0 Å². The molecular weight excluding hydrogens is 240 g/mol. The van der Waals surface area contributed by atoms with E-state index in [1.165, 1.54) is 5.56 Å². The number of hydrogen-bond donors (Lipinski definition) is 1. The molecule has 0 radical (unpaired) electrons. The highest BCUT2D eigenvalue weighted by Crippen LogP contribution is 2.29. The Kier molecular flexibility index (Phi) is 4.80. The molecule has 0 saturated carbocycles. The van der Waals surface area contributed by atoms with E-state index in [2.05, 4.69) is 18.0 Å². The molecule has 0 aliphatic carbocycles. The summed E-state index contributed by atoms with van der Waals surface area (Å²) in [5.74, 6) is 0.943. The molecule has 0 aromatic heterocycles. The number of para-hydroxylation sites is 1. The lowest BCUT2D eigenvalue weighted by molar-refractivity contribution is 0.123. The van der Waals surface area contributed by atoms with Gasteiger partial charge in [0.2, 0.25) is 0 Å². The molecule has 19 heavy (non-hydrogen) atoms. The van der Waals surface area contributed by atoms with Crippen LogP contribution in [0.25, 0.3) is 0 Å². The topological polar surface area (TPSA) is 47.7 Å². The molecule has 1 saturated heterocycles. The average molecular weight is 264 g/mol. The maximum absolute atomic E-state index is 5.94. The van der Waals surface area contributed by atoms with Gasteiger partial charge in [-0.25, -0.2) is 0 Å². The van der Waals surface area contributed by atoms with Crippen LogP contribution < -0.4 is 10.5 Å². The normalized spacial score (nSPS) is 22.9. The van der Waals surface area contributed by atoms with Gasteiger partial charge in [-0.15, -0.1) is 0 Å². The predicted octanol–water partition coefficient (Wildman–Crippen LogP) is 1.49. The minimum atomic E-state index is 0.122. The summed E-state index contributed by atoms with van der Waals surface area (Å²) in [6, 6.07) is 8.15. The second kappa shape index (κ2) is 6.37. The van der Waals surface area contributed by atoms with Crippen molar-refractivity contribution in [2.45, 2.75) is 13.0 Å². The standard InChI is InChI=1S/C15H24N2O2/c1-17(11-15(10-16)7-8-19-12-15)9-13-5-3-4-6-14(13)18-2/h3-6H,7-12,16H2,1-2H3. The Labute approximate surface area is 115 Å². The van der Waals surface area contributed by atoms with Gasteiger partial charge in [-0.1, -0.05) is 18.2 Å². The molecule has 0 bridgehead atoms. The Morgan fingerprint density at radius 3 is 2.84 bits per heavy atom.